The lowest BCUT2D eigenvalue weighted by atomic mass is 10.1. The minimum absolute atomic E-state index is 0.530. The maximum Gasteiger partial charge on any atom is 0.128 e. The third kappa shape index (κ3) is 2.66. The Kier molecular flexibility index (Phi) is 3.55. The lowest BCUT2D eigenvalue weighted by Crippen LogP contribution is -2.35. The molecule has 2 aromatic rings. The molecule has 3 heterocycles. The van der Waals surface area contributed by atoms with Gasteiger partial charge in [0.1, 0.15) is 5.82 Å². The Morgan fingerprint density at radius 3 is 2.68 bits per heavy atom. The van der Waals surface area contributed by atoms with Gasteiger partial charge in [0.25, 0.3) is 0 Å². The van der Waals surface area contributed by atoms with E-state index in [1.54, 1.807) is 0 Å². The van der Waals surface area contributed by atoms with Crippen molar-refractivity contribution in [1.82, 2.24) is 14.8 Å². The molecule has 1 aliphatic rings. The topological polar surface area (TPSA) is 34.0 Å². The van der Waals surface area contributed by atoms with Crippen LogP contribution in [-0.2, 0) is 0 Å². The van der Waals surface area contributed by atoms with Gasteiger partial charge < -0.3 is 4.90 Å². The SMILES string of the molecule is Cc1nc(N2CCC(n3cccn3)CC2)ccc1Br. The van der Waals surface area contributed by atoms with Crippen LogP contribution in [0.25, 0.3) is 0 Å². The Morgan fingerprint density at radius 1 is 1.26 bits per heavy atom. The summed E-state index contributed by atoms with van der Waals surface area (Å²) in [5.41, 5.74) is 1.05. The van der Waals surface area contributed by atoms with Crippen LogP contribution in [0.1, 0.15) is 24.6 Å². The largest absolute Gasteiger partial charge is 0.356 e. The number of halogens is 1. The molecule has 1 fully saturated rings. The van der Waals surface area contributed by atoms with Crippen LogP contribution >= 0.6 is 15.9 Å². The van der Waals surface area contributed by atoms with Gasteiger partial charge in [-0.1, -0.05) is 0 Å². The van der Waals surface area contributed by atoms with Crippen molar-refractivity contribution >= 4 is 21.7 Å². The van der Waals surface area contributed by atoms with Gasteiger partial charge >= 0.3 is 0 Å². The quantitative estimate of drug-likeness (QED) is 0.852. The van der Waals surface area contributed by atoms with E-state index in [1.807, 2.05) is 19.2 Å². The smallest absolute Gasteiger partial charge is 0.128 e. The zero-order chi connectivity index (χ0) is 13.2. The molecule has 0 aliphatic carbocycles. The molecule has 0 bridgehead atoms. The average molecular weight is 321 g/mol. The molecule has 3 rings (SSSR count). The molecule has 4 nitrogen and oxygen atoms in total. The second-order valence-corrected chi connectivity index (χ2v) is 5.80. The molecule has 1 saturated heterocycles. The molecule has 5 heteroatoms. The molecule has 19 heavy (non-hydrogen) atoms. The third-order valence-electron chi connectivity index (χ3n) is 3.69. The number of aryl methyl sites for hydroxylation is 1. The van der Waals surface area contributed by atoms with Gasteiger partial charge in [-0.25, -0.2) is 4.98 Å². The van der Waals surface area contributed by atoms with E-state index in [0.717, 1.165) is 41.9 Å². The van der Waals surface area contributed by atoms with Gasteiger partial charge in [-0.3, -0.25) is 4.68 Å². The van der Waals surface area contributed by atoms with Crippen LogP contribution in [-0.4, -0.2) is 27.9 Å². The van der Waals surface area contributed by atoms with Crippen molar-refractivity contribution in [2.24, 2.45) is 0 Å². The minimum Gasteiger partial charge on any atom is -0.356 e. The molecule has 100 valence electrons. The van der Waals surface area contributed by atoms with Crippen molar-refractivity contribution < 1.29 is 0 Å². The average Bonchev–Trinajstić information content (AvgIpc) is 2.96. The summed E-state index contributed by atoms with van der Waals surface area (Å²) in [6.45, 7) is 4.11. The van der Waals surface area contributed by atoms with Crippen LogP contribution in [0, 0.1) is 6.92 Å². The van der Waals surface area contributed by atoms with Crippen molar-refractivity contribution in [3.05, 3.63) is 40.8 Å². The first-order chi connectivity index (χ1) is 9.24. The molecule has 0 aromatic carbocycles. The second kappa shape index (κ2) is 5.33. The van der Waals surface area contributed by atoms with E-state index in [2.05, 4.69) is 53.9 Å². The molecule has 0 unspecified atom stereocenters. The molecule has 1 aliphatic heterocycles. The highest BCUT2D eigenvalue weighted by molar-refractivity contribution is 9.10. The highest BCUT2D eigenvalue weighted by Gasteiger charge is 2.21. The van der Waals surface area contributed by atoms with Gasteiger partial charge in [0.15, 0.2) is 0 Å². The van der Waals surface area contributed by atoms with Crippen molar-refractivity contribution in [2.45, 2.75) is 25.8 Å². The van der Waals surface area contributed by atoms with Gasteiger partial charge in [-0.2, -0.15) is 5.10 Å². The molecular weight excluding hydrogens is 304 g/mol. The standard InChI is InChI=1S/C14H17BrN4/c1-11-13(15)3-4-14(17-11)18-9-5-12(6-10-18)19-8-2-7-16-19/h2-4,7-8,12H,5-6,9-10H2,1H3. The summed E-state index contributed by atoms with van der Waals surface area (Å²) in [6.07, 6.45) is 6.16. The van der Waals surface area contributed by atoms with Crippen LogP contribution < -0.4 is 4.90 Å². The Morgan fingerprint density at radius 2 is 2.05 bits per heavy atom. The zero-order valence-corrected chi connectivity index (χ0v) is 12.5. The predicted octanol–water partition coefficient (Wildman–Crippen LogP) is 3.19. The van der Waals surface area contributed by atoms with Crippen LogP contribution in [0.5, 0.6) is 0 Å². The normalized spacial score (nSPS) is 16.8. The number of anilines is 1. The summed E-state index contributed by atoms with van der Waals surface area (Å²) in [4.78, 5) is 7.00. The summed E-state index contributed by atoms with van der Waals surface area (Å²) >= 11 is 3.50. The van der Waals surface area contributed by atoms with Crippen molar-refractivity contribution in [1.29, 1.82) is 0 Å². The summed E-state index contributed by atoms with van der Waals surface area (Å²) in [6, 6.07) is 6.69. The Bertz CT molecular complexity index is 545. The first kappa shape index (κ1) is 12.7. The number of rotatable bonds is 2. The number of nitrogens with zero attached hydrogens (tertiary/aromatic N) is 4. The van der Waals surface area contributed by atoms with E-state index in [-0.39, 0.29) is 0 Å². The third-order valence-corrected chi connectivity index (χ3v) is 4.53. The summed E-state index contributed by atoms with van der Waals surface area (Å²) in [5.74, 6) is 1.08. The molecule has 2 aromatic heterocycles. The van der Waals surface area contributed by atoms with Gasteiger partial charge in [0.05, 0.1) is 11.7 Å². The van der Waals surface area contributed by atoms with Gasteiger partial charge in [-0.05, 0) is 53.9 Å². The number of aromatic nitrogens is 3. The first-order valence-corrected chi connectivity index (χ1v) is 7.40. The number of pyridine rings is 1. The van der Waals surface area contributed by atoms with E-state index in [0.29, 0.717) is 6.04 Å². The van der Waals surface area contributed by atoms with E-state index < -0.39 is 0 Å². The van der Waals surface area contributed by atoms with Crippen LogP contribution in [0.4, 0.5) is 5.82 Å². The summed E-state index contributed by atoms with van der Waals surface area (Å²) in [5, 5.41) is 4.34. The zero-order valence-electron chi connectivity index (χ0n) is 11.0. The lowest BCUT2D eigenvalue weighted by molar-refractivity contribution is 0.366. The van der Waals surface area contributed by atoms with E-state index in [4.69, 9.17) is 0 Å². The Hall–Kier alpha value is -1.36. The number of piperidine rings is 1. The molecule has 0 saturated carbocycles. The highest BCUT2D eigenvalue weighted by atomic mass is 79.9. The predicted molar refractivity (Wildman–Crippen MR) is 79.4 cm³/mol. The van der Waals surface area contributed by atoms with E-state index in [1.165, 1.54) is 0 Å². The number of hydrogen-bond acceptors (Lipinski definition) is 3. The fraction of sp³-hybridized carbons (Fsp3) is 0.429. The van der Waals surface area contributed by atoms with Crippen LogP contribution in [0.3, 0.4) is 0 Å². The fourth-order valence-electron chi connectivity index (χ4n) is 2.56. The van der Waals surface area contributed by atoms with Gasteiger partial charge in [0, 0.05) is 30.0 Å². The lowest BCUT2D eigenvalue weighted by Gasteiger charge is -2.33. The minimum atomic E-state index is 0.530. The highest BCUT2D eigenvalue weighted by Crippen LogP contribution is 2.26. The first-order valence-electron chi connectivity index (χ1n) is 6.61. The molecule has 0 spiro atoms. The van der Waals surface area contributed by atoms with Crippen molar-refractivity contribution in [3.8, 4) is 0 Å². The second-order valence-electron chi connectivity index (χ2n) is 4.94. The Labute approximate surface area is 121 Å². The van der Waals surface area contributed by atoms with Crippen molar-refractivity contribution in [2.75, 3.05) is 18.0 Å². The molecule has 0 N–H and O–H groups in total. The number of hydrogen-bond donors (Lipinski definition) is 0. The maximum atomic E-state index is 4.64. The maximum absolute atomic E-state index is 4.64. The van der Waals surface area contributed by atoms with E-state index in [9.17, 15) is 0 Å². The van der Waals surface area contributed by atoms with Crippen molar-refractivity contribution in [3.63, 3.8) is 0 Å². The molecule has 0 radical (unpaired) electrons. The van der Waals surface area contributed by atoms with E-state index >= 15 is 0 Å². The monoisotopic (exact) mass is 320 g/mol. The van der Waals surface area contributed by atoms with Gasteiger partial charge in [-0.15, -0.1) is 0 Å². The molecular formula is C14H17BrN4. The van der Waals surface area contributed by atoms with Crippen LogP contribution in [0.15, 0.2) is 35.1 Å². The van der Waals surface area contributed by atoms with Crippen LogP contribution in [0.2, 0.25) is 0 Å². The van der Waals surface area contributed by atoms with Gasteiger partial charge in [0.2, 0.25) is 0 Å². The summed E-state index contributed by atoms with van der Waals surface area (Å²) in [7, 11) is 0. The Balaban J connectivity index is 1.68. The molecule has 0 amide bonds. The fourth-order valence-corrected chi connectivity index (χ4v) is 2.78. The summed E-state index contributed by atoms with van der Waals surface area (Å²) < 4.78 is 3.15. The molecule has 0 atom stereocenters.